The molecule has 0 saturated carbocycles. The minimum Gasteiger partial charge on any atom is -0.374 e. The van der Waals surface area contributed by atoms with E-state index in [0.29, 0.717) is 17.8 Å². The van der Waals surface area contributed by atoms with Crippen LogP contribution in [-0.4, -0.2) is 23.4 Å². The van der Waals surface area contributed by atoms with Crippen molar-refractivity contribution in [2.45, 2.75) is 13.0 Å². The van der Waals surface area contributed by atoms with Crippen LogP contribution in [0.2, 0.25) is 0 Å². The molecule has 1 aromatic heterocycles. The molecule has 0 radical (unpaired) electrons. The standard InChI is InChI=1S/C8H10N2O2/c1-6(12-2)8-9-4-3-7(5-11)10-8/h3-6H,1-2H3. The third-order valence-electron chi connectivity index (χ3n) is 1.53. The number of carbonyl (C=O) groups is 1. The number of aldehydes is 1. The van der Waals surface area contributed by atoms with Gasteiger partial charge in [-0.2, -0.15) is 0 Å². The SMILES string of the molecule is COC(C)c1nccc(C=O)n1. The van der Waals surface area contributed by atoms with E-state index in [1.165, 1.54) is 0 Å². The van der Waals surface area contributed by atoms with Crippen molar-refractivity contribution >= 4 is 6.29 Å². The number of ether oxygens (including phenoxy) is 1. The van der Waals surface area contributed by atoms with Crippen LogP contribution in [0.1, 0.15) is 29.3 Å². The zero-order valence-electron chi connectivity index (χ0n) is 7.02. The zero-order chi connectivity index (χ0) is 8.97. The van der Waals surface area contributed by atoms with Gasteiger partial charge in [0.1, 0.15) is 11.8 Å². The highest BCUT2D eigenvalue weighted by molar-refractivity contribution is 5.71. The van der Waals surface area contributed by atoms with E-state index in [2.05, 4.69) is 9.97 Å². The molecule has 0 saturated heterocycles. The summed E-state index contributed by atoms with van der Waals surface area (Å²) in [7, 11) is 1.57. The Labute approximate surface area is 70.6 Å². The number of nitrogens with zero attached hydrogens (tertiary/aromatic N) is 2. The number of hydrogen-bond acceptors (Lipinski definition) is 4. The smallest absolute Gasteiger partial charge is 0.168 e. The average molecular weight is 166 g/mol. The van der Waals surface area contributed by atoms with E-state index >= 15 is 0 Å². The normalized spacial score (nSPS) is 12.5. The van der Waals surface area contributed by atoms with Crippen LogP contribution >= 0.6 is 0 Å². The molecule has 1 unspecified atom stereocenters. The lowest BCUT2D eigenvalue weighted by molar-refractivity contribution is 0.109. The fourth-order valence-electron chi connectivity index (χ4n) is 0.755. The van der Waals surface area contributed by atoms with E-state index in [9.17, 15) is 4.79 Å². The van der Waals surface area contributed by atoms with Crippen molar-refractivity contribution in [1.29, 1.82) is 0 Å². The minimum absolute atomic E-state index is 0.176. The van der Waals surface area contributed by atoms with E-state index < -0.39 is 0 Å². The van der Waals surface area contributed by atoms with Gasteiger partial charge in [-0.25, -0.2) is 9.97 Å². The second-order valence-electron chi connectivity index (χ2n) is 2.34. The Morgan fingerprint density at radius 1 is 1.67 bits per heavy atom. The molecule has 64 valence electrons. The Morgan fingerprint density at radius 3 is 3.00 bits per heavy atom. The Kier molecular flexibility index (Phi) is 2.88. The van der Waals surface area contributed by atoms with Crippen molar-refractivity contribution in [3.8, 4) is 0 Å². The maximum absolute atomic E-state index is 10.3. The van der Waals surface area contributed by atoms with Crippen LogP contribution < -0.4 is 0 Å². The highest BCUT2D eigenvalue weighted by atomic mass is 16.5. The molecule has 1 heterocycles. The maximum Gasteiger partial charge on any atom is 0.168 e. The van der Waals surface area contributed by atoms with E-state index in [1.54, 1.807) is 19.4 Å². The molecule has 4 nitrogen and oxygen atoms in total. The summed E-state index contributed by atoms with van der Waals surface area (Å²) in [4.78, 5) is 18.3. The van der Waals surface area contributed by atoms with Crippen molar-refractivity contribution in [1.82, 2.24) is 9.97 Å². The maximum atomic E-state index is 10.3. The number of aromatic nitrogens is 2. The first-order valence-electron chi connectivity index (χ1n) is 3.59. The summed E-state index contributed by atoms with van der Waals surface area (Å²) >= 11 is 0. The van der Waals surface area contributed by atoms with Gasteiger partial charge >= 0.3 is 0 Å². The van der Waals surface area contributed by atoms with Crippen molar-refractivity contribution in [3.05, 3.63) is 23.8 Å². The van der Waals surface area contributed by atoms with Gasteiger partial charge in [0, 0.05) is 13.3 Å². The molecule has 0 bridgehead atoms. The predicted molar refractivity (Wildman–Crippen MR) is 42.8 cm³/mol. The van der Waals surface area contributed by atoms with Gasteiger partial charge in [0.05, 0.1) is 0 Å². The van der Waals surface area contributed by atoms with E-state index in [4.69, 9.17) is 4.74 Å². The number of methoxy groups -OCH3 is 1. The summed E-state index contributed by atoms with van der Waals surface area (Å²) in [5.41, 5.74) is 0.379. The first-order valence-corrected chi connectivity index (χ1v) is 3.59. The summed E-state index contributed by atoms with van der Waals surface area (Å²) in [5, 5.41) is 0. The number of rotatable bonds is 3. The molecule has 0 aliphatic rings. The molecule has 4 heteroatoms. The lowest BCUT2D eigenvalue weighted by atomic mass is 10.3. The lowest BCUT2D eigenvalue weighted by Crippen LogP contribution is -2.04. The zero-order valence-corrected chi connectivity index (χ0v) is 7.02. The van der Waals surface area contributed by atoms with Gasteiger partial charge in [-0.3, -0.25) is 4.79 Å². The Morgan fingerprint density at radius 2 is 2.42 bits per heavy atom. The third-order valence-corrected chi connectivity index (χ3v) is 1.53. The quantitative estimate of drug-likeness (QED) is 0.628. The molecule has 1 aromatic rings. The highest BCUT2D eigenvalue weighted by Gasteiger charge is 2.06. The van der Waals surface area contributed by atoms with Crippen LogP contribution in [0.4, 0.5) is 0 Å². The second kappa shape index (κ2) is 3.92. The Hall–Kier alpha value is -1.29. The molecule has 0 aliphatic heterocycles. The molecule has 0 amide bonds. The van der Waals surface area contributed by atoms with Gasteiger partial charge in [0.25, 0.3) is 0 Å². The largest absolute Gasteiger partial charge is 0.374 e. The summed E-state index contributed by atoms with van der Waals surface area (Å²) < 4.78 is 4.99. The molecule has 0 N–H and O–H groups in total. The van der Waals surface area contributed by atoms with Crippen molar-refractivity contribution in [2.24, 2.45) is 0 Å². The van der Waals surface area contributed by atoms with Crippen LogP contribution in [0, 0.1) is 0 Å². The molecule has 0 fully saturated rings. The van der Waals surface area contributed by atoms with Gasteiger partial charge < -0.3 is 4.74 Å². The van der Waals surface area contributed by atoms with E-state index in [0.717, 1.165) is 0 Å². The number of hydrogen-bond donors (Lipinski definition) is 0. The average Bonchev–Trinajstić information content (AvgIpc) is 2.17. The van der Waals surface area contributed by atoms with Crippen LogP contribution in [0.15, 0.2) is 12.3 Å². The molecule has 1 rings (SSSR count). The van der Waals surface area contributed by atoms with Crippen LogP contribution in [0.3, 0.4) is 0 Å². The third kappa shape index (κ3) is 1.85. The topological polar surface area (TPSA) is 52.1 Å². The van der Waals surface area contributed by atoms with Crippen molar-refractivity contribution < 1.29 is 9.53 Å². The molecular weight excluding hydrogens is 156 g/mol. The number of carbonyl (C=O) groups excluding carboxylic acids is 1. The van der Waals surface area contributed by atoms with Gasteiger partial charge in [0.15, 0.2) is 12.1 Å². The molecule has 12 heavy (non-hydrogen) atoms. The Balaban J connectivity index is 2.93. The summed E-state index contributed by atoms with van der Waals surface area (Å²) in [6.45, 7) is 1.82. The lowest BCUT2D eigenvalue weighted by Gasteiger charge is -2.06. The molecule has 0 spiro atoms. The molecule has 1 atom stereocenters. The van der Waals surface area contributed by atoms with Gasteiger partial charge in [-0.15, -0.1) is 0 Å². The molecule has 0 aliphatic carbocycles. The molecular formula is C8H10N2O2. The van der Waals surface area contributed by atoms with E-state index in [-0.39, 0.29) is 6.10 Å². The summed E-state index contributed by atoms with van der Waals surface area (Å²) in [5.74, 6) is 0.530. The van der Waals surface area contributed by atoms with Gasteiger partial charge in [-0.1, -0.05) is 0 Å². The van der Waals surface area contributed by atoms with Crippen molar-refractivity contribution in [3.63, 3.8) is 0 Å². The Bertz CT molecular complexity index is 276. The van der Waals surface area contributed by atoms with Crippen LogP contribution in [0.5, 0.6) is 0 Å². The fourth-order valence-corrected chi connectivity index (χ4v) is 0.755. The van der Waals surface area contributed by atoms with Gasteiger partial charge in [0.2, 0.25) is 0 Å². The fraction of sp³-hybridized carbons (Fsp3) is 0.375. The summed E-state index contributed by atoms with van der Waals surface area (Å²) in [6, 6.07) is 1.55. The van der Waals surface area contributed by atoms with E-state index in [1.807, 2.05) is 6.92 Å². The monoisotopic (exact) mass is 166 g/mol. The minimum atomic E-state index is -0.176. The van der Waals surface area contributed by atoms with Crippen molar-refractivity contribution in [2.75, 3.05) is 7.11 Å². The first kappa shape index (κ1) is 8.80. The second-order valence-corrected chi connectivity index (χ2v) is 2.34. The summed E-state index contributed by atoms with van der Waals surface area (Å²) in [6.07, 6.45) is 2.06. The predicted octanol–water partition coefficient (Wildman–Crippen LogP) is 0.996. The first-order chi connectivity index (χ1) is 5.77. The molecule has 0 aromatic carbocycles. The van der Waals surface area contributed by atoms with Crippen LogP contribution in [-0.2, 0) is 4.74 Å². The highest BCUT2D eigenvalue weighted by Crippen LogP contribution is 2.09. The van der Waals surface area contributed by atoms with Crippen LogP contribution in [0.25, 0.3) is 0 Å². The van der Waals surface area contributed by atoms with Gasteiger partial charge in [-0.05, 0) is 13.0 Å².